The van der Waals surface area contributed by atoms with Crippen molar-refractivity contribution in [2.45, 2.75) is 25.9 Å². The van der Waals surface area contributed by atoms with E-state index in [0.29, 0.717) is 6.04 Å². The lowest BCUT2D eigenvalue weighted by atomic mass is 10.1. The molecule has 1 heterocycles. The van der Waals surface area contributed by atoms with Crippen LogP contribution >= 0.6 is 0 Å². The highest BCUT2D eigenvalue weighted by molar-refractivity contribution is 5.19. The van der Waals surface area contributed by atoms with Crippen LogP contribution in [0.1, 0.15) is 30.7 Å². The summed E-state index contributed by atoms with van der Waals surface area (Å²) in [6, 6.07) is 15.0. The van der Waals surface area contributed by atoms with Crippen LogP contribution in [0.2, 0.25) is 0 Å². The van der Waals surface area contributed by atoms with E-state index in [4.69, 9.17) is 4.42 Å². The number of likely N-dealkylation sites (N-methyl/N-ethyl adjacent to an activating group) is 1. The average molecular weight is 272 g/mol. The van der Waals surface area contributed by atoms with Crippen LogP contribution in [0.25, 0.3) is 0 Å². The fourth-order valence-electron chi connectivity index (χ4n) is 2.38. The summed E-state index contributed by atoms with van der Waals surface area (Å²) < 4.78 is 5.45. The van der Waals surface area contributed by atoms with Gasteiger partial charge < -0.3 is 9.73 Å². The molecule has 3 heteroatoms. The van der Waals surface area contributed by atoms with Gasteiger partial charge in [0, 0.05) is 12.6 Å². The third kappa shape index (κ3) is 4.22. The van der Waals surface area contributed by atoms with Crippen molar-refractivity contribution in [1.82, 2.24) is 10.2 Å². The minimum absolute atomic E-state index is 0.354. The third-order valence-corrected chi connectivity index (χ3v) is 3.47. The molecule has 0 aliphatic carbocycles. The van der Waals surface area contributed by atoms with Crippen LogP contribution in [-0.2, 0) is 6.54 Å². The van der Waals surface area contributed by atoms with Crippen molar-refractivity contribution in [3.63, 3.8) is 0 Å². The Morgan fingerprint density at radius 3 is 2.60 bits per heavy atom. The molecule has 0 spiro atoms. The lowest BCUT2D eigenvalue weighted by Crippen LogP contribution is -2.33. The number of benzene rings is 1. The molecule has 2 rings (SSSR count). The highest BCUT2D eigenvalue weighted by Gasteiger charge is 2.17. The molecule has 0 aliphatic rings. The Balaban J connectivity index is 2.04. The van der Waals surface area contributed by atoms with Crippen LogP contribution in [0.15, 0.2) is 53.1 Å². The van der Waals surface area contributed by atoms with E-state index in [-0.39, 0.29) is 0 Å². The maximum absolute atomic E-state index is 5.45. The molecule has 2 aromatic rings. The quantitative estimate of drug-likeness (QED) is 0.746. The van der Waals surface area contributed by atoms with E-state index in [9.17, 15) is 0 Å². The highest BCUT2D eigenvalue weighted by atomic mass is 16.3. The number of nitrogens with zero attached hydrogens (tertiary/aromatic N) is 1. The maximum atomic E-state index is 5.45. The normalized spacial score (nSPS) is 12.8. The second-order valence-electron chi connectivity index (χ2n) is 5.13. The molecule has 0 aliphatic heterocycles. The van der Waals surface area contributed by atoms with Gasteiger partial charge in [0.1, 0.15) is 5.76 Å². The van der Waals surface area contributed by atoms with E-state index in [1.807, 2.05) is 12.1 Å². The minimum atomic E-state index is 0.354. The van der Waals surface area contributed by atoms with E-state index < -0.39 is 0 Å². The summed E-state index contributed by atoms with van der Waals surface area (Å²) >= 11 is 0. The molecule has 1 unspecified atom stereocenters. The fourth-order valence-corrected chi connectivity index (χ4v) is 2.38. The average Bonchev–Trinajstić information content (AvgIpc) is 2.97. The standard InChI is InChI=1S/C17H24N2O/c1-3-11-18-13-17(15-8-5-4-6-9-15)19(2)14-16-10-7-12-20-16/h4-10,12,17-18H,3,11,13-14H2,1-2H3. The van der Waals surface area contributed by atoms with Crippen molar-refractivity contribution >= 4 is 0 Å². The van der Waals surface area contributed by atoms with Crippen molar-refractivity contribution < 1.29 is 4.42 Å². The first kappa shape index (κ1) is 14.8. The highest BCUT2D eigenvalue weighted by Crippen LogP contribution is 2.20. The summed E-state index contributed by atoms with van der Waals surface area (Å²) in [6.07, 6.45) is 2.89. The van der Waals surface area contributed by atoms with Gasteiger partial charge in [0.05, 0.1) is 12.8 Å². The zero-order valence-corrected chi connectivity index (χ0v) is 12.4. The summed E-state index contributed by atoms with van der Waals surface area (Å²) in [5.74, 6) is 1.00. The van der Waals surface area contributed by atoms with Crippen LogP contribution in [0.4, 0.5) is 0 Å². The summed E-state index contributed by atoms with van der Waals surface area (Å²) in [5.41, 5.74) is 1.34. The first-order valence-corrected chi connectivity index (χ1v) is 7.29. The predicted molar refractivity (Wildman–Crippen MR) is 82.5 cm³/mol. The lowest BCUT2D eigenvalue weighted by molar-refractivity contribution is 0.213. The molecule has 1 atom stereocenters. The van der Waals surface area contributed by atoms with Crippen LogP contribution in [-0.4, -0.2) is 25.0 Å². The molecule has 0 amide bonds. The molecule has 0 radical (unpaired) electrons. The molecule has 3 nitrogen and oxygen atoms in total. The minimum Gasteiger partial charge on any atom is -0.468 e. The van der Waals surface area contributed by atoms with Crippen LogP contribution < -0.4 is 5.32 Å². The second-order valence-corrected chi connectivity index (χ2v) is 5.13. The van der Waals surface area contributed by atoms with Crippen molar-refractivity contribution in [2.75, 3.05) is 20.1 Å². The molecule has 0 saturated heterocycles. The summed E-state index contributed by atoms with van der Waals surface area (Å²) in [5, 5.41) is 3.52. The fraction of sp³-hybridized carbons (Fsp3) is 0.412. The van der Waals surface area contributed by atoms with Crippen molar-refractivity contribution in [2.24, 2.45) is 0 Å². The molecule has 1 N–H and O–H groups in total. The zero-order chi connectivity index (χ0) is 14.2. The molecular weight excluding hydrogens is 248 g/mol. The van der Waals surface area contributed by atoms with E-state index in [1.165, 1.54) is 5.56 Å². The zero-order valence-electron chi connectivity index (χ0n) is 12.4. The van der Waals surface area contributed by atoms with Gasteiger partial charge in [0.2, 0.25) is 0 Å². The number of hydrogen-bond donors (Lipinski definition) is 1. The Bertz CT molecular complexity index is 467. The van der Waals surface area contributed by atoms with Gasteiger partial charge in [-0.05, 0) is 37.7 Å². The van der Waals surface area contributed by atoms with Crippen molar-refractivity contribution in [3.05, 3.63) is 60.1 Å². The van der Waals surface area contributed by atoms with E-state index in [1.54, 1.807) is 6.26 Å². The van der Waals surface area contributed by atoms with E-state index in [2.05, 4.69) is 54.5 Å². The summed E-state index contributed by atoms with van der Waals surface area (Å²) in [4.78, 5) is 2.33. The van der Waals surface area contributed by atoms with Gasteiger partial charge in [-0.15, -0.1) is 0 Å². The number of nitrogens with one attached hydrogen (secondary N) is 1. The third-order valence-electron chi connectivity index (χ3n) is 3.47. The topological polar surface area (TPSA) is 28.4 Å². The molecule has 1 aromatic carbocycles. The molecule has 0 fully saturated rings. The van der Waals surface area contributed by atoms with Gasteiger partial charge in [0.15, 0.2) is 0 Å². The Hall–Kier alpha value is -1.58. The molecule has 108 valence electrons. The number of furan rings is 1. The summed E-state index contributed by atoms with van der Waals surface area (Å²) in [7, 11) is 2.15. The van der Waals surface area contributed by atoms with Crippen LogP contribution in [0, 0.1) is 0 Å². The molecule has 20 heavy (non-hydrogen) atoms. The summed E-state index contributed by atoms with van der Waals surface area (Å²) in [6.45, 7) is 5.02. The van der Waals surface area contributed by atoms with Gasteiger partial charge in [0.25, 0.3) is 0 Å². The van der Waals surface area contributed by atoms with Gasteiger partial charge in [-0.25, -0.2) is 0 Å². The first-order chi connectivity index (χ1) is 9.81. The lowest BCUT2D eigenvalue weighted by Gasteiger charge is -2.28. The number of rotatable bonds is 8. The Morgan fingerprint density at radius 1 is 1.15 bits per heavy atom. The largest absolute Gasteiger partial charge is 0.468 e. The molecular formula is C17H24N2O. The second kappa shape index (κ2) is 7.88. The van der Waals surface area contributed by atoms with Crippen LogP contribution in [0.5, 0.6) is 0 Å². The predicted octanol–water partition coefficient (Wildman–Crippen LogP) is 3.45. The van der Waals surface area contributed by atoms with Crippen LogP contribution in [0.3, 0.4) is 0 Å². The SMILES string of the molecule is CCCNCC(c1ccccc1)N(C)Cc1ccco1. The number of hydrogen-bond acceptors (Lipinski definition) is 3. The maximum Gasteiger partial charge on any atom is 0.117 e. The van der Waals surface area contributed by atoms with Crippen molar-refractivity contribution in [1.29, 1.82) is 0 Å². The van der Waals surface area contributed by atoms with E-state index >= 15 is 0 Å². The van der Waals surface area contributed by atoms with Crippen molar-refractivity contribution in [3.8, 4) is 0 Å². The molecule has 0 bridgehead atoms. The molecule has 0 saturated carbocycles. The van der Waals surface area contributed by atoms with Gasteiger partial charge in [-0.1, -0.05) is 37.3 Å². The van der Waals surface area contributed by atoms with Gasteiger partial charge in [-0.2, -0.15) is 0 Å². The van der Waals surface area contributed by atoms with E-state index in [0.717, 1.165) is 31.8 Å². The Morgan fingerprint density at radius 2 is 1.95 bits per heavy atom. The Labute approximate surface area is 121 Å². The monoisotopic (exact) mass is 272 g/mol. The van der Waals surface area contributed by atoms with Gasteiger partial charge in [-0.3, -0.25) is 4.90 Å². The molecule has 1 aromatic heterocycles. The first-order valence-electron chi connectivity index (χ1n) is 7.29. The smallest absolute Gasteiger partial charge is 0.117 e. The van der Waals surface area contributed by atoms with Gasteiger partial charge >= 0.3 is 0 Å². The Kier molecular flexibility index (Phi) is 5.84.